The average Bonchev–Trinajstić information content (AvgIpc) is 2.34. The van der Waals surface area contributed by atoms with E-state index in [1.807, 2.05) is 6.92 Å². The molecule has 0 aromatic heterocycles. The number of rotatable bonds is 7. The number of nitrogens with one attached hydrogen (secondary N) is 1. The fourth-order valence-corrected chi connectivity index (χ4v) is 2.08. The van der Waals surface area contributed by atoms with Crippen LogP contribution in [0.1, 0.15) is 56.3 Å². The second-order valence-electron chi connectivity index (χ2n) is 4.73. The molecule has 0 heterocycles. The van der Waals surface area contributed by atoms with Crippen molar-refractivity contribution in [3.63, 3.8) is 0 Å². The van der Waals surface area contributed by atoms with Crippen LogP contribution in [-0.4, -0.2) is 11.9 Å². The molecule has 0 aliphatic heterocycles. The van der Waals surface area contributed by atoms with E-state index in [0.717, 1.165) is 6.42 Å². The van der Waals surface area contributed by atoms with Crippen molar-refractivity contribution in [2.45, 2.75) is 52.0 Å². The molecular weight excluding hydrogens is 246 g/mol. The van der Waals surface area contributed by atoms with Gasteiger partial charge in [0.1, 0.15) is 0 Å². The predicted octanol–water partition coefficient (Wildman–Crippen LogP) is 4.43. The van der Waals surface area contributed by atoms with Crippen LogP contribution in [0, 0.1) is 0 Å². The van der Waals surface area contributed by atoms with Gasteiger partial charge in [0, 0.05) is 16.6 Å². The van der Waals surface area contributed by atoms with E-state index in [2.05, 4.69) is 12.2 Å². The fraction of sp³-hybridized carbons (Fsp3) is 0.533. The van der Waals surface area contributed by atoms with Gasteiger partial charge >= 0.3 is 0 Å². The third-order valence-electron chi connectivity index (χ3n) is 2.95. The second kappa shape index (κ2) is 8.15. The monoisotopic (exact) mass is 267 g/mol. The van der Waals surface area contributed by atoms with Crippen molar-refractivity contribution >= 4 is 17.5 Å². The minimum absolute atomic E-state index is 0.0412. The Kier molecular flexibility index (Phi) is 6.81. The van der Waals surface area contributed by atoms with Crippen LogP contribution in [-0.2, 0) is 0 Å². The molecule has 0 fully saturated rings. The highest BCUT2D eigenvalue weighted by molar-refractivity contribution is 6.30. The van der Waals surface area contributed by atoms with Crippen LogP contribution in [0.15, 0.2) is 24.3 Å². The molecule has 1 aromatic rings. The van der Waals surface area contributed by atoms with Crippen LogP contribution >= 0.6 is 11.6 Å². The number of unbranched alkanes of at least 4 members (excludes halogenated alkanes) is 3. The van der Waals surface area contributed by atoms with E-state index in [4.69, 9.17) is 11.6 Å². The van der Waals surface area contributed by atoms with E-state index >= 15 is 0 Å². The summed E-state index contributed by atoms with van der Waals surface area (Å²) in [5, 5.41) is 3.60. The summed E-state index contributed by atoms with van der Waals surface area (Å²) >= 11 is 5.86. The molecule has 0 saturated heterocycles. The van der Waals surface area contributed by atoms with Crippen molar-refractivity contribution in [1.82, 2.24) is 5.32 Å². The van der Waals surface area contributed by atoms with Crippen LogP contribution in [0.5, 0.6) is 0 Å². The first kappa shape index (κ1) is 15.0. The molecule has 1 N–H and O–H groups in total. The fourth-order valence-electron chi connectivity index (χ4n) is 1.89. The van der Waals surface area contributed by atoms with Crippen molar-refractivity contribution in [2.75, 3.05) is 0 Å². The summed E-state index contributed by atoms with van der Waals surface area (Å²) in [6, 6.07) is 7.26. The first-order valence-electron chi connectivity index (χ1n) is 6.70. The molecule has 0 spiro atoms. The third kappa shape index (κ3) is 5.54. The second-order valence-corrected chi connectivity index (χ2v) is 5.17. The lowest BCUT2D eigenvalue weighted by Crippen LogP contribution is -2.32. The first-order chi connectivity index (χ1) is 8.63. The van der Waals surface area contributed by atoms with Gasteiger partial charge in [-0.25, -0.2) is 0 Å². The lowest BCUT2D eigenvalue weighted by atomic mass is 10.1. The molecule has 1 amide bonds. The molecule has 1 rings (SSSR count). The van der Waals surface area contributed by atoms with Crippen molar-refractivity contribution in [3.8, 4) is 0 Å². The van der Waals surface area contributed by atoms with Crippen LogP contribution < -0.4 is 5.32 Å². The maximum Gasteiger partial charge on any atom is 0.251 e. The standard InChI is InChI=1S/C15H22ClNO/c1-3-4-5-6-8-12(2)17-15(18)13-9-7-10-14(16)11-13/h7,9-12H,3-6,8H2,1-2H3,(H,17,18)/t12-/m0/s1. The maximum absolute atomic E-state index is 11.9. The maximum atomic E-state index is 11.9. The van der Waals surface area contributed by atoms with Crippen LogP contribution in [0.25, 0.3) is 0 Å². The Bertz CT molecular complexity index is 379. The largest absolute Gasteiger partial charge is 0.350 e. The summed E-state index contributed by atoms with van der Waals surface area (Å²) < 4.78 is 0. The van der Waals surface area contributed by atoms with E-state index in [9.17, 15) is 4.79 Å². The topological polar surface area (TPSA) is 29.1 Å². The Morgan fingerprint density at radius 2 is 2.11 bits per heavy atom. The number of carbonyl (C=O) groups is 1. The third-order valence-corrected chi connectivity index (χ3v) is 3.19. The summed E-state index contributed by atoms with van der Waals surface area (Å²) in [7, 11) is 0. The van der Waals surface area contributed by atoms with E-state index in [0.29, 0.717) is 10.6 Å². The van der Waals surface area contributed by atoms with E-state index in [-0.39, 0.29) is 11.9 Å². The molecule has 0 saturated carbocycles. The van der Waals surface area contributed by atoms with Gasteiger partial charge in [-0.15, -0.1) is 0 Å². The lowest BCUT2D eigenvalue weighted by molar-refractivity contribution is 0.0938. The minimum atomic E-state index is -0.0412. The SMILES string of the molecule is CCCCCC[C@H](C)NC(=O)c1cccc(Cl)c1. The number of hydrogen-bond acceptors (Lipinski definition) is 1. The quantitative estimate of drug-likeness (QED) is 0.728. The van der Waals surface area contributed by atoms with Crippen molar-refractivity contribution in [2.24, 2.45) is 0 Å². The highest BCUT2D eigenvalue weighted by atomic mass is 35.5. The number of halogens is 1. The molecule has 2 nitrogen and oxygen atoms in total. The van der Waals surface area contributed by atoms with Crippen molar-refractivity contribution in [1.29, 1.82) is 0 Å². The Balaban J connectivity index is 2.35. The lowest BCUT2D eigenvalue weighted by Gasteiger charge is -2.13. The highest BCUT2D eigenvalue weighted by Gasteiger charge is 2.09. The van der Waals surface area contributed by atoms with Crippen molar-refractivity contribution in [3.05, 3.63) is 34.9 Å². The summed E-state index contributed by atoms with van der Waals surface area (Å²) in [6.45, 7) is 4.25. The highest BCUT2D eigenvalue weighted by Crippen LogP contribution is 2.11. The minimum Gasteiger partial charge on any atom is -0.350 e. The smallest absolute Gasteiger partial charge is 0.251 e. The molecule has 0 unspecified atom stereocenters. The first-order valence-corrected chi connectivity index (χ1v) is 7.07. The van der Waals surface area contributed by atoms with Gasteiger partial charge in [0.2, 0.25) is 0 Å². The zero-order chi connectivity index (χ0) is 13.4. The number of benzene rings is 1. The normalized spacial score (nSPS) is 12.2. The number of carbonyl (C=O) groups excluding carboxylic acids is 1. The number of amides is 1. The zero-order valence-corrected chi connectivity index (χ0v) is 12.0. The molecule has 1 aromatic carbocycles. The van der Waals surface area contributed by atoms with E-state index in [1.54, 1.807) is 24.3 Å². The van der Waals surface area contributed by atoms with Gasteiger partial charge in [-0.1, -0.05) is 50.3 Å². The van der Waals surface area contributed by atoms with Gasteiger partial charge in [0.05, 0.1) is 0 Å². The molecule has 0 bridgehead atoms. The van der Waals surface area contributed by atoms with E-state index in [1.165, 1.54) is 25.7 Å². The summed E-state index contributed by atoms with van der Waals surface area (Å²) in [6.07, 6.45) is 5.96. The van der Waals surface area contributed by atoms with Crippen LogP contribution in [0.2, 0.25) is 5.02 Å². The summed E-state index contributed by atoms with van der Waals surface area (Å²) in [5.41, 5.74) is 0.628. The number of hydrogen-bond donors (Lipinski definition) is 1. The molecule has 1 atom stereocenters. The van der Waals surface area contributed by atoms with Crippen LogP contribution in [0.4, 0.5) is 0 Å². The molecule has 0 aliphatic carbocycles. The molecule has 18 heavy (non-hydrogen) atoms. The van der Waals surface area contributed by atoms with Gasteiger partial charge in [-0.3, -0.25) is 4.79 Å². The molecule has 3 heteroatoms. The van der Waals surface area contributed by atoms with Gasteiger partial charge in [0.25, 0.3) is 5.91 Å². The molecular formula is C15H22ClNO. The van der Waals surface area contributed by atoms with E-state index < -0.39 is 0 Å². The Morgan fingerprint density at radius 3 is 2.78 bits per heavy atom. The van der Waals surface area contributed by atoms with Gasteiger partial charge in [0.15, 0.2) is 0 Å². The van der Waals surface area contributed by atoms with Gasteiger partial charge in [-0.05, 0) is 31.5 Å². The Labute approximate surface area is 115 Å². The molecule has 0 radical (unpaired) electrons. The van der Waals surface area contributed by atoms with Gasteiger partial charge in [-0.2, -0.15) is 0 Å². The van der Waals surface area contributed by atoms with Crippen LogP contribution in [0.3, 0.4) is 0 Å². The molecule has 100 valence electrons. The molecule has 0 aliphatic rings. The zero-order valence-electron chi connectivity index (χ0n) is 11.2. The Hall–Kier alpha value is -1.02. The predicted molar refractivity (Wildman–Crippen MR) is 77.1 cm³/mol. The summed E-state index contributed by atoms with van der Waals surface area (Å²) in [5.74, 6) is -0.0412. The average molecular weight is 268 g/mol. The summed E-state index contributed by atoms with van der Waals surface area (Å²) in [4.78, 5) is 11.9. The van der Waals surface area contributed by atoms with Gasteiger partial charge < -0.3 is 5.32 Å². The Morgan fingerprint density at radius 1 is 1.33 bits per heavy atom. The van der Waals surface area contributed by atoms with Crippen molar-refractivity contribution < 1.29 is 4.79 Å².